The molecule has 10 heteroatoms. The number of ether oxygens (including phenoxy) is 4. The molecule has 1 amide bonds. The van der Waals surface area contributed by atoms with Crippen LogP contribution in [0.2, 0.25) is 0 Å². The second kappa shape index (κ2) is 14.6. The molecule has 2 heterocycles. The van der Waals surface area contributed by atoms with Gasteiger partial charge in [0.2, 0.25) is 0 Å². The Morgan fingerprint density at radius 3 is 2.46 bits per heavy atom. The quantitative estimate of drug-likeness (QED) is 0.0583. The number of fused-ring (bicyclic) bond motifs is 1. The number of ketones is 1. The van der Waals surface area contributed by atoms with Crippen LogP contribution >= 0.6 is 11.3 Å². The lowest BCUT2D eigenvalue weighted by Gasteiger charge is -2.24. The standard InChI is InChI=1S/C38H36N2O7S/c1-4-6-19-46-27-14-10-13-26(20-27)35(41)33-34(25-15-18-30(31(21-25)44-3)47-23-24-11-8-7-9-12-24)40(37(43)36(33)42)38-39-29-17-16-28(45-5-2)22-32(29)48-38/h7-18,20-22,34,41H,4-6,19,23H2,1-3H3. The van der Waals surface area contributed by atoms with Crippen molar-refractivity contribution in [2.45, 2.75) is 39.3 Å². The van der Waals surface area contributed by atoms with Crippen LogP contribution in [0.15, 0.2) is 96.6 Å². The van der Waals surface area contributed by atoms with Crippen molar-refractivity contribution >= 4 is 44.1 Å². The Morgan fingerprint density at radius 2 is 1.69 bits per heavy atom. The van der Waals surface area contributed by atoms with Gasteiger partial charge < -0.3 is 24.1 Å². The van der Waals surface area contributed by atoms with E-state index in [1.807, 2.05) is 55.5 Å². The van der Waals surface area contributed by atoms with Crippen LogP contribution in [0.1, 0.15) is 49.4 Å². The summed E-state index contributed by atoms with van der Waals surface area (Å²) in [5, 5.41) is 12.1. The molecule has 1 aliphatic heterocycles. The lowest BCUT2D eigenvalue weighted by Crippen LogP contribution is -2.29. The molecular weight excluding hydrogens is 628 g/mol. The molecule has 1 aromatic heterocycles. The number of Topliss-reactive ketones (excluding diaryl/α,β-unsaturated/α-hetero) is 1. The van der Waals surface area contributed by atoms with Crippen molar-refractivity contribution in [3.05, 3.63) is 113 Å². The highest BCUT2D eigenvalue weighted by molar-refractivity contribution is 7.22. The summed E-state index contributed by atoms with van der Waals surface area (Å²) in [4.78, 5) is 33.9. The molecule has 0 saturated carbocycles. The Hall–Kier alpha value is -5.35. The molecule has 1 fully saturated rings. The number of amides is 1. The van der Waals surface area contributed by atoms with Crippen molar-refractivity contribution in [3.8, 4) is 23.0 Å². The number of aliphatic hydroxyl groups excluding tert-OH is 1. The van der Waals surface area contributed by atoms with Crippen molar-refractivity contribution in [1.82, 2.24) is 4.98 Å². The number of rotatable bonds is 13. The van der Waals surface area contributed by atoms with Gasteiger partial charge in [-0.15, -0.1) is 0 Å². The molecule has 4 aromatic carbocycles. The number of thiazole rings is 1. The van der Waals surface area contributed by atoms with Crippen molar-refractivity contribution < 1.29 is 33.6 Å². The van der Waals surface area contributed by atoms with Gasteiger partial charge in [-0.1, -0.05) is 73.2 Å². The van der Waals surface area contributed by atoms with Crippen LogP contribution in [0.4, 0.5) is 5.13 Å². The van der Waals surface area contributed by atoms with Crippen LogP contribution in [-0.2, 0) is 16.2 Å². The fourth-order valence-corrected chi connectivity index (χ4v) is 6.55. The SMILES string of the molecule is CCCCOc1cccc(C(O)=C2C(=O)C(=O)N(c3nc4ccc(OCC)cc4s3)C2c2ccc(OCc3ccccc3)c(OC)c2)c1. The predicted molar refractivity (Wildman–Crippen MR) is 186 cm³/mol. The first-order valence-corrected chi connectivity index (χ1v) is 16.7. The summed E-state index contributed by atoms with van der Waals surface area (Å²) in [6.07, 6.45) is 1.85. The summed E-state index contributed by atoms with van der Waals surface area (Å²) in [5.74, 6) is 0.182. The summed E-state index contributed by atoms with van der Waals surface area (Å²) < 4.78 is 24.1. The smallest absolute Gasteiger partial charge is 0.301 e. The Bertz CT molecular complexity index is 1970. The maximum atomic E-state index is 13.9. The molecular formula is C38H36N2O7S. The van der Waals surface area contributed by atoms with Crippen LogP contribution in [0.5, 0.6) is 23.0 Å². The van der Waals surface area contributed by atoms with E-state index < -0.39 is 17.7 Å². The third kappa shape index (κ3) is 6.70. The molecule has 1 N–H and O–H groups in total. The lowest BCUT2D eigenvalue weighted by atomic mass is 9.95. The average Bonchev–Trinajstić information content (AvgIpc) is 3.65. The molecule has 1 aliphatic rings. The molecule has 6 rings (SSSR count). The first-order chi connectivity index (χ1) is 23.4. The molecule has 1 unspecified atom stereocenters. The number of aliphatic hydroxyl groups is 1. The molecule has 246 valence electrons. The number of nitrogens with zero attached hydrogens (tertiary/aromatic N) is 2. The summed E-state index contributed by atoms with van der Waals surface area (Å²) in [7, 11) is 1.53. The summed E-state index contributed by atoms with van der Waals surface area (Å²) in [6.45, 7) is 5.32. The van der Waals surface area contributed by atoms with Gasteiger partial charge in [-0.2, -0.15) is 0 Å². The van der Waals surface area contributed by atoms with Gasteiger partial charge >= 0.3 is 5.91 Å². The van der Waals surface area contributed by atoms with E-state index in [4.69, 9.17) is 23.9 Å². The number of carbonyl (C=O) groups is 2. The van der Waals surface area contributed by atoms with Gasteiger partial charge in [0.1, 0.15) is 23.9 Å². The zero-order valence-corrected chi connectivity index (χ0v) is 27.8. The zero-order valence-electron chi connectivity index (χ0n) is 27.0. The van der Waals surface area contributed by atoms with E-state index >= 15 is 0 Å². The number of benzene rings is 4. The Morgan fingerprint density at radius 1 is 0.875 bits per heavy atom. The fourth-order valence-electron chi connectivity index (χ4n) is 5.53. The van der Waals surface area contributed by atoms with Crippen LogP contribution in [0.25, 0.3) is 16.0 Å². The van der Waals surface area contributed by atoms with Gasteiger partial charge in [-0.25, -0.2) is 4.98 Å². The van der Waals surface area contributed by atoms with Crippen molar-refractivity contribution in [2.24, 2.45) is 0 Å². The Balaban J connectivity index is 1.45. The number of methoxy groups -OCH3 is 1. The lowest BCUT2D eigenvalue weighted by molar-refractivity contribution is -0.132. The summed E-state index contributed by atoms with van der Waals surface area (Å²) in [6, 6.07) is 26.3. The van der Waals surface area contributed by atoms with E-state index in [-0.39, 0.29) is 11.3 Å². The average molecular weight is 665 g/mol. The largest absolute Gasteiger partial charge is 0.507 e. The first-order valence-electron chi connectivity index (χ1n) is 15.8. The van der Waals surface area contributed by atoms with Crippen molar-refractivity contribution in [3.63, 3.8) is 0 Å². The number of hydrogen-bond donors (Lipinski definition) is 1. The molecule has 0 radical (unpaired) electrons. The number of unbranched alkanes of at least 4 members (excludes halogenated alkanes) is 1. The van der Waals surface area contributed by atoms with Gasteiger partial charge in [0, 0.05) is 5.56 Å². The minimum absolute atomic E-state index is 0.0695. The molecule has 0 spiro atoms. The van der Waals surface area contributed by atoms with Gasteiger partial charge in [-0.05, 0) is 66.9 Å². The molecule has 48 heavy (non-hydrogen) atoms. The van der Waals surface area contributed by atoms with Gasteiger partial charge in [0.05, 0.1) is 42.2 Å². The van der Waals surface area contributed by atoms with Gasteiger partial charge in [-0.3, -0.25) is 14.5 Å². The summed E-state index contributed by atoms with van der Waals surface area (Å²) in [5.41, 5.74) is 2.45. The minimum atomic E-state index is -1.02. The highest BCUT2D eigenvalue weighted by atomic mass is 32.1. The summed E-state index contributed by atoms with van der Waals surface area (Å²) >= 11 is 1.26. The molecule has 9 nitrogen and oxygen atoms in total. The van der Waals surface area contributed by atoms with Gasteiger partial charge in [0.15, 0.2) is 16.6 Å². The maximum absolute atomic E-state index is 13.9. The Labute approximate surface area is 283 Å². The van der Waals surface area contributed by atoms with Gasteiger partial charge in [0.25, 0.3) is 5.78 Å². The molecule has 1 saturated heterocycles. The third-order valence-corrected chi connectivity index (χ3v) is 8.94. The van der Waals surface area contributed by atoms with Crippen LogP contribution < -0.4 is 23.8 Å². The number of aromatic nitrogens is 1. The zero-order chi connectivity index (χ0) is 33.6. The van der Waals surface area contributed by atoms with Crippen LogP contribution in [0.3, 0.4) is 0 Å². The second-order valence-corrected chi connectivity index (χ2v) is 12.2. The van der Waals surface area contributed by atoms with Crippen molar-refractivity contribution in [2.75, 3.05) is 25.2 Å². The first kappa shape index (κ1) is 32.6. The molecule has 0 bridgehead atoms. The van der Waals surface area contributed by atoms with E-state index in [2.05, 4.69) is 6.92 Å². The topological polar surface area (TPSA) is 107 Å². The fraction of sp³-hybridized carbons (Fsp3) is 0.237. The van der Waals surface area contributed by atoms with Crippen molar-refractivity contribution in [1.29, 1.82) is 0 Å². The minimum Gasteiger partial charge on any atom is -0.507 e. The van der Waals surface area contributed by atoms with E-state index in [1.165, 1.54) is 23.3 Å². The number of anilines is 1. The number of hydrogen-bond acceptors (Lipinski definition) is 9. The second-order valence-electron chi connectivity index (χ2n) is 11.1. The highest BCUT2D eigenvalue weighted by Gasteiger charge is 2.48. The molecule has 5 aromatic rings. The Kier molecular flexibility index (Phi) is 9.91. The highest BCUT2D eigenvalue weighted by Crippen LogP contribution is 2.46. The molecule has 0 aliphatic carbocycles. The van der Waals surface area contributed by atoms with E-state index in [0.29, 0.717) is 64.6 Å². The van der Waals surface area contributed by atoms with Crippen LogP contribution in [0, 0.1) is 0 Å². The third-order valence-electron chi connectivity index (χ3n) is 7.92. The number of carbonyl (C=O) groups excluding carboxylic acids is 2. The van der Waals surface area contributed by atoms with Crippen LogP contribution in [-0.4, -0.2) is 42.1 Å². The predicted octanol–water partition coefficient (Wildman–Crippen LogP) is 8.09. The normalized spacial score (nSPS) is 15.6. The molecule has 1 atom stereocenters. The monoisotopic (exact) mass is 664 g/mol. The maximum Gasteiger partial charge on any atom is 0.301 e. The van der Waals surface area contributed by atoms with E-state index in [1.54, 1.807) is 42.5 Å². The van der Waals surface area contributed by atoms with E-state index in [0.717, 1.165) is 23.1 Å². The van der Waals surface area contributed by atoms with E-state index in [9.17, 15) is 14.7 Å².